The van der Waals surface area contributed by atoms with Gasteiger partial charge in [-0.3, -0.25) is 15.0 Å². The van der Waals surface area contributed by atoms with E-state index in [0.717, 1.165) is 16.6 Å². The fourth-order valence-corrected chi connectivity index (χ4v) is 2.40. The second-order valence-corrected chi connectivity index (χ2v) is 5.01. The van der Waals surface area contributed by atoms with Gasteiger partial charge in [-0.25, -0.2) is 5.48 Å². The molecule has 0 saturated heterocycles. The molecule has 0 fully saturated rings. The lowest BCUT2D eigenvalue weighted by Crippen LogP contribution is -2.18. The average molecular weight is 302 g/mol. The summed E-state index contributed by atoms with van der Waals surface area (Å²) in [5.41, 5.74) is 4.46. The molecule has 0 aliphatic carbocycles. The summed E-state index contributed by atoms with van der Waals surface area (Å²) in [5.74, 6) is -0.588. The molecule has 0 aliphatic rings. The minimum atomic E-state index is -0.588. The van der Waals surface area contributed by atoms with Crippen LogP contribution in [0.4, 0.5) is 0 Å². The number of aromatic nitrogens is 2. The van der Waals surface area contributed by atoms with Crippen LogP contribution in [0.25, 0.3) is 11.0 Å². The summed E-state index contributed by atoms with van der Waals surface area (Å²) < 4.78 is 1.96. The number of hydrogen-bond donors (Lipinski definition) is 2. The molecule has 5 nitrogen and oxygen atoms in total. The predicted octanol–water partition coefficient (Wildman–Crippen LogP) is 2.86. The van der Waals surface area contributed by atoms with Crippen LogP contribution in [0.3, 0.4) is 0 Å². The third kappa shape index (κ3) is 2.61. The highest BCUT2D eigenvalue weighted by Crippen LogP contribution is 2.20. The fourth-order valence-electron chi connectivity index (χ4n) is 2.20. The zero-order valence-corrected chi connectivity index (χ0v) is 11.7. The summed E-state index contributed by atoms with van der Waals surface area (Å²) >= 11 is 6.17. The van der Waals surface area contributed by atoms with Crippen molar-refractivity contribution in [2.45, 2.75) is 6.54 Å². The van der Waals surface area contributed by atoms with E-state index in [-0.39, 0.29) is 0 Å². The van der Waals surface area contributed by atoms with Crippen LogP contribution in [0, 0.1) is 0 Å². The minimum absolute atomic E-state index is 0.295. The number of rotatable bonds is 3. The number of halogens is 1. The SMILES string of the molecule is O=C(NO)c1cnc2ccn(Cc3ccccc3Cl)c2c1. The first-order valence-corrected chi connectivity index (χ1v) is 6.69. The molecule has 106 valence electrons. The van der Waals surface area contributed by atoms with Gasteiger partial charge in [0.2, 0.25) is 0 Å². The zero-order valence-electron chi connectivity index (χ0n) is 11.0. The Morgan fingerprint density at radius 2 is 2.14 bits per heavy atom. The minimum Gasteiger partial charge on any atom is -0.342 e. The third-order valence-electron chi connectivity index (χ3n) is 3.28. The van der Waals surface area contributed by atoms with Crippen molar-refractivity contribution in [3.63, 3.8) is 0 Å². The maximum atomic E-state index is 11.5. The van der Waals surface area contributed by atoms with Gasteiger partial charge >= 0.3 is 0 Å². The molecule has 1 aromatic carbocycles. The number of carbonyl (C=O) groups is 1. The van der Waals surface area contributed by atoms with E-state index in [4.69, 9.17) is 16.8 Å². The lowest BCUT2D eigenvalue weighted by molar-refractivity contribution is 0.0706. The van der Waals surface area contributed by atoms with Crippen LogP contribution in [0.5, 0.6) is 0 Å². The zero-order chi connectivity index (χ0) is 14.8. The summed E-state index contributed by atoms with van der Waals surface area (Å²) in [6, 6.07) is 11.1. The van der Waals surface area contributed by atoms with E-state index < -0.39 is 5.91 Å². The highest BCUT2D eigenvalue weighted by atomic mass is 35.5. The molecule has 0 aliphatic heterocycles. The summed E-state index contributed by atoms with van der Waals surface area (Å²) in [6.07, 6.45) is 3.31. The van der Waals surface area contributed by atoms with E-state index in [9.17, 15) is 4.79 Å². The van der Waals surface area contributed by atoms with Crippen molar-refractivity contribution in [1.82, 2.24) is 15.0 Å². The summed E-state index contributed by atoms with van der Waals surface area (Å²) in [4.78, 5) is 15.7. The average Bonchev–Trinajstić information content (AvgIpc) is 2.91. The molecule has 0 radical (unpaired) electrons. The molecule has 0 bridgehead atoms. The van der Waals surface area contributed by atoms with Crippen molar-refractivity contribution < 1.29 is 10.0 Å². The van der Waals surface area contributed by atoms with Crippen LogP contribution < -0.4 is 5.48 Å². The Morgan fingerprint density at radius 1 is 1.33 bits per heavy atom. The summed E-state index contributed by atoms with van der Waals surface area (Å²) in [5, 5.41) is 9.39. The van der Waals surface area contributed by atoms with Crippen LogP contribution in [0.15, 0.2) is 48.8 Å². The van der Waals surface area contributed by atoms with Gasteiger partial charge in [-0.2, -0.15) is 0 Å². The van der Waals surface area contributed by atoms with Crippen molar-refractivity contribution in [2.24, 2.45) is 0 Å². The van der Waals surface area contributed by atoms with Crippen LogP contribution in [0.2, 0.25) is 5.02 Å². The topological polar surface area (TPSA) is 67.2 Å². The Kier molecular flexibility index (Phi) is 3.60. The van der Waals surface area contributed by atoms with Crippen LogP contribution in [0.1, 0.15) is 15.9 Å². The molecule has 2 N–H and O–H groups in total. The Labute approximate surface area is 125 Å². The molecule has 0 saturated carbocycles. The van der Waals surface area contributed by atoms with E-state index in [0.29, 0.717) is 17.1 Å². The molecule has 2 heterocycles. The quantitative estimate of drug-likeness (QED) is 0.577. The number of fused-ring (bicyclic) bond motifs is 1. The van der Waals surface area contributed by atoms with Gasteiger partial charge in [0.1, 0.15) is 0 Å². The summed E-state index contributed by atoms with van der Waals surface area (Å²) in [6.45, 7) is 0.578. The van der Waals surface area contributed by atoms with Crippen LogP contribution in [-0.4, -0.2) is 20.7 Å². The second-order valence-electron chi connectivity index (χ2n) is 4.60. The molecule has 0 unspecified atom stereocenters. The molecule has 3 aromatic rings. The van der Waals surface area contributed by atoms with Crippen molar-refractivity contribution in [1.29, 1.82) is 0 Å². The van der Waals surface area contributed by atoms with Crippen molar-refractivity contribution in [3.8, 4) is 0 Å². The van der Waals surface area contributed by atoms with Gasteiger partial charge in [0, 0.05) is 24.0 Å². The van der Waals surface area contributed by atoms with E-state index in [1.54, 1.807) is 11.5 Å². The molecule has 21 heavy (non-hydrogen) atoms. The Bertz CT molecular complexity index is 814. The summed E-state index contributed by atoms with van der Waals surface area (Å²) in [7, 11) is 0. The van der Waals surface area contributed by atoms with Crippen LogP contribution >= 0.6 is 11.6 Å². The standard InChI is InChI=1S/C15H12ClN3O2/c16-12-4-2-1-3-10(12)9-19-6-5-13-14(19)7-11(8-17-13)15(20)18-21/h1-8,21H,9H2,(H,18,20). The highest BCUT2D eigenvalue weighted by molar-refractivity contribution is 6.31. The van der Waals surface area contributed by atoms with Crippen molar-refractivity contribution >= 4 is 28.5 Å². The number of carbonyl (C=O) groups excluding carboxylic acids is 1. The van der Waals surface area contributed by atoms with Gasteiger partial charge < -0.3 is 4.57 Å². The van der Waals surface area contributed by atoms with Crippen LogP contribution in [-0.2, 0) is 6.54 Å². The second kappa shape index (κ2) is 5.55. The maximum absolute atomic E-state index is 11.5. The Hall–Kier alpha value is -2.37. The van der Waals surface area contributed by atoms with Gasteiger partial charge in [-0.05, 0) is 23.8 Å². The lowest BCUT2D eigenvalue weighted by Gasteiger charge is -2.08. The molecule has 3 rings (SSSR count). The van der Waals surface area contributed by atoms with Gasteiger partial charge in [0.05, 0.1) is 16.6 Å². The fraction of sp³-hybridized carbons (Fsp3) is 0.0667. The first kappa shape index (κ1) is 13.6. The third-order valence-corrected chi connectivity index (χ3v) is 3.65. The highest BCUT2D eigenvalue weighted by Gasteiger charge is 2.10. The molecule has 6 heteroatoms. The van der Waals surface area contributed by atoms with E-state index in [2.05, 4.69) is 4.98 Å². The molecule has 2 aromatic heterocycles. The first-order chi connectivity index (χ1) is 10.2. The number of hydrogen-bond acceptors (Lipinski definition) is 3. The smallest absolute Gasteiger partial charge is 0.276 e. The van der Waals surface area contributed by atoms with Crippen molar-refractivity contribution in [3.05, 3.63) is 64.9 Å². The molecular weight excluding hydrogens is 290 g/mol. The molecular formula is C15H12ClN3O2. The Balaban J connectivity index is 2.03. The molecule has 1 amide bonds. The number of nitrogens with zero attached hydrogens (tertiary/aromatic N) is 2. The number of amides is 1. The monoisotopic (exact) mass is 301 g/mol. The molecule has 0 spiro atoms. The molecule has 0 atom stereocenters. The normalized spacial score (nSPS) is 10.8. The lowest BCUT2D eigenvalue weighted by atomic mass is 10.2. The maximum Gasteiger partial charge on any atom is 0.276 e. The number of pyridine rings is 1. The van der Waals surface area contributed by atoms with Gasteiger partial charge in [-0.15, -0.1) is 0 Å². The Morgan fingerprint density at radius 3 is 2.90 bits per heavy atom. The number of nitrogens with one attached hydrogen (secondary N) is 1. The van der Waals surface area contributed by atoms with E-state index >= 15 is 0 Å². The number of hydroxylamine groups is 1. The largest absolute Gasteiger partial charge is 0.342 e. The van der Waals surface area contributed by atoms with Crippen molar-refractivity contribution in [2.75, 3.05) is 0 Å². The van der Waals surface area contributed by atoms with Gasteiger partial charge in [0.25, 0.3) is 5.91 Å². The number of benzene rings is 1. The van der Waals surface area contributed by atoms with Gasteiger partial charge in [0.15, 0.2) is 0 Å². The van der Waals surface area contributed by atoms with Gasteiger partial charge in [-0.1, -0.05) is 29.8 Å². The predicted molar refractivity (Wildman–Crippen MR) is 79.5 cm³/mol. The van der Waals surface area contributed by atoms with E-state index in [1.807, 2.05) is 41.1 Å². The first-order valence-electron chi connectivity index (χ1n) is 6.32. The van der Waals surface area contributed by atoms with E-state index in [1.165, 1.54) is 6.20 Å².